The number of hydrogen-bond acceptors (Lipinski definition) is 4. The number of anilines is 1. The van der Waals surface area contributed by atoms with E-state index in [1.807, 2.05) is 0 Å². The lowest BCUT2D eigenvalue weighted by atomic mass is 10.2. The number of aromatic carboxylic acids is 1. The van der Waals surface area contributed by atoms with Gasteiger partial charge in [-0.1, -0.05) is 12.2 Å². The SMILES string of the molecule is O=C(O)c1cc(Br)cnc1NC/C=C/CO. The highest BCUT2D eigenvalue weighted by Crippen LogP contribution is 2.17. The van der Waals surface area contributed by atoms with Gasteiger partial charge >= 0.3 is 5.97 Å². The van der Waals surface area contributed by atoms with Crippen LogP contribution in [0.15, 0.2) is 28.9 Å². The van der Waals surface area contributed by atoms with E-state index in [9.17, 15) is 4.79 Å². The quantitative estimate of drug-likeness (QED) is 0.715. The Labute approximate surface area is 101 Å². The molecule has 5 nitrogen and oxygen atoms in total. The van der Waals surface area contributed by atoms with Crippen molar-refractivity contribution in [2.75, 3.05) is 18.5 Å². The Morgan fingerprint density at radius 3 is 2.94 bits per heavy atom. The number of carbonyl (C=O) groups is 1. The zero-order valence-corrected chi connectivity index (χ0v) is 9.94. The lowest BCUT2D eigenvalue weighted by Crippen LogP contribution is -2.08. The van der Waals surface area contributed by atoms with E-state index in [2.05, 4.69) is 26.2 Å². The maximum atomic E-state index is 10.9. The van der Waals surface area contributed by atoms with E-state index in [0.29, 0.717) is 16.8 Å². The highest BCUT2D eigenvalue weighted by atomic mass is 79.9. The molecule has 0 aromatic carbocycles. The molecule has 0 fully saturated rings. The van der Waals surface area contributed by atoms with Crippen molar-refractivity contribution in [2.45, 2.75) is 0 Å². The first kappa shape index (κ1) is 12.7. The lowest BCUT2D eigenvalue weighted by Gasteiger charge is -2.06. The zero-order chi connectivity index (χ0) is 12.0. The first-order valence-corrected chi connectivity index (χ1v) is 5.33. The van der Waals surface area contributed by atoms with Crippen LogP contribution in [0.4, 0.5) is 5.82 Å². The number of aromatic nitrogens is 1. The van der Waals surface area contributed by atoms with Gasteiger partial charge in [0, 0.05) is 17.2 Å². The summed E-state index contributed by atoms with van der Waals surface area (Å²) < 4.78 is 0.612. The lowest BCUT2D eigenvalue weighted by molar-refractivity contribution is 0.0697. The van der Waals surface area contributed by atoms with Crippen molar-refractivity contribution in [3.8, 4) is 0 Å². The van der Waals surface area contributed by atoms with E-state index in [1.54, 1.807) is 12.2 Å². The Hall–Kier alpha value is -1.40. The fraction of sp³-hybridized carbons (Fsp3) is 0.200. The fourth-order valence-corrected chi connectivity index (χ4v) is 1.39. The van der Waals surface area contributed by atoms with Crippen molar-refractivity contribution >= 4 is 27.7 Å². The minimum atomic E-state index is -1.04. The van der Waals surface area contributed by atoms with E-state index in [1.165, 1.54) is 12.3 Å². The van der Waals surface area contributed by atoms with Crippen molar-refractivity contribution in [3.63, 3.8) is 0 Å². The number of carboxylic acids is 1. The minimum Gasteiger partial charge on any atom is -0.478 e. The van der Waals surface area contributed by atoms with Crippen molar-refractivity contribution in [1.82, 2.24) is 4.98 Å². The van der Waals surface area contributed by atoms with E-state index in [-0.39, 0.29) is 12.2 Å². The normalized spacial score (nSPS) is 10.6. The average molecular weight is 287 g/mol. The smallest absolute Gasteiger partial charge is 0.339 e. The topological polar surface area (TPSA) is 82.5 Å². The van der Waals surface area contributed by atoms with Crippen LogP contribution >= 0.6 is 15.9 Å². The van der Waals surface area contributed by atoms with Gasteiger partial charge in [0.25, 0.3) is 0 Å². The number of halogens is 1. The van der Waals surface area contributed by atoms with Crippen LogP contribution in [0.1, 0.15) is 10.4 Å². The molecule has 0 saturated heterocycles. The molecule has 0 unspecified atom stereocenters. The Kier molecular flexibility index (Phi) is 4.94. The molecular weight excluding hydrogens is 276 g/mol. The third-order valence-corrected chi connectivity index (χ3v) is 2.18. The molecule has 0 bridgehead atoms. The average Bonchev–Trinajstić information content (AvgIpc) is 2.26. The largest absolute Gasteiger partial charge is 0.478 e. The molecule has 0 aliphatic rings. The van der Waals surface area contributed by atoms with Crippen LogP contribution in [0.5, 0.6) is 0 Å². The van der Waals surface area contributed by atoms with Gasteiger partial charge in [0.15, 0.2) is 0 Å². The maximum Gasteiger partial charge on any atom is 0.339 e. The van der Waals surface area contributed by atoms with E-state index in [0.717, 1.165) is 0 Å². The summed E-state index contributed by atoms with van der Waals surface area (Å²) in [5.74, 6) is -0.735. The predicted octanol–water partition coefficient (Wildman–Crippen LogP) is 1.50. The molecule has 1 heterocycles. The molecule has 1 aromatic rings. The molecule has 6 heteroatoms. The molecule has 16 heavy (non-hydrogen) atoms. The van der Waals surface area contributed by atoms with Crippen LogP contribution in [0.2, 0.25) is 0 Å². The van der Waals surface area contributed by atoms with Crippen LogP contribution in [0.3, 0.4) is 0 Å². The molecule has 0 aliphatic carbocycles. The molecule has 0 saturated carbocycles. The Bertz CT molecular complexity index is 407. The number of aliphatic hydroxyl groups excluding tert-OH is 1. The van der Waals surface area contributed by atoms with Crippen molar-refractivity contribution in [3.05, 3.63) is 34.5 Å². The summed E-state index contributed by atoms with van der Waals surface area (Å²) in [7, 11) is 0. The van der Waals surface area contributed by atoms with Gasteiger partial charge in [0.05, 0.1) is 6.61 Å². The summed E-state index contributed by atoms with van der Waals surface area (Å²) in [6, 6.07) is 1.48. The summed E-state index contributed by atoms with van der Waals surface area (Å²) in [5, 5.41) is 20.3. The number of rotatable bonds is 5. The van der Waals surface area contributed by atoms with Gasteiger partial charge in [0.1, 0.15) is 11.4 Å². The van der Waals surface area contributed by atoms with Gasteiger partial charge in [-0.25, -0.2) is 9.78 Å². The van der Waals surface area contributed by atoms with Gasteiger partial charge in [0.2, 0.25) is 0 Å². The van der Waals surface area contributed by atoms with Gasteiger partial charge in [-0.3, -0.25) is 0 Å². The summed E-state index contributed by atoms with van der Waals surface area (Å²) >= 11 is 3.16. The summed E-state index contributed by atoms with van der Waals surface area (Å²) in [4.78, 5) is 14.9. The van der Waals surface area contributed by atoms with Crippen LogP contribution < -0.4 is 5.32 Å². The number of aliphatic hydroxyl groups is 1. The molecule has 1 rings (SSSR count). The number of pyridine rings is 1. The number of nitrogens with one attached hydrogen (secondary N) is 1. The van der Waals surface area contributed by atoms with Gasteiger partial charge in [-0.2, -0.15) is 0 Å². The molecule has 3 N–H and O–H groups in total. The highest BCUT2D eigenvalue weighted by molar-refractivity contribution is 9.10. The monoisotopic (exact) mass is 286 g/mol. The Morgan fingerprint density at radius 2 is 2.31 bits per heavy atom. The van der Waals surface area contributed by atoms with Crippen LogP contribution in [-0.2, 0) is 0 Å². The molecule has 0 spiro atoms. The molecule has 0 amide bonds. The second-order valence-electron chi connectivity index (χ2n) is 2.89. The van der Waals surface area contributed by atoms with Gasteiger partial charge in [-0.15, -0.1) is 0 Å². The first-order valence-electron chi connectivity index (χ1n) is 4.53. The maximum absolute atomic E-state index is 10.9. The van der Waals surface area contributed by atoms with Crippen molar-refractivity contribution in [1.29, 1.82) is 0 Å². The summed E-state index contributed by atoms with van der Waals surface area (Å²) in [5.41, 5.74) is 0.103. The zero-order valence-electron chi connectivity index (χ0n) is 8.35. The Balaban J connectivity index is 2.78. The molecule has 0 aliphatic heterocycles. The van der Waals surface area contributed by atoms with E-state index in [4.69, 9.17) is 10.2 Å². The highest BCUT2D eigenvalue weighted by Gasteiger charge is 2.10. The standard InChI is InChI=1S/C10H11BrN2O3/c11-7-5-8(10(15)16)9(13-6-7)12-3-1-2-4-14/h1-2,5-6,14H,3-4H2,(H,12,13)(H,15,16)/b2-1+. The first-order chi connectivity index (χ1) is 7.65. The second kappa shape index (κ2) is 6.24. The summed E-state index contributed by atoms with van der Waals surface area (Å²) in [6.07, 6.45) is 4.77. The number of hydrogen-bond donors (Lipinski definition) is 3. The third kappa shape index (κ3) is 3.63. The molecular formula is C10H11BrN2O3. The Morgan fingerprint density at radius 1 is 1.56 bits per heavy atom. The van der Waals surface area contributed by atoms with Crippen LogP contribution in [-0.4, -0.2) is 34.3 Å². The molecule has 86 valence electrons. The predicted molar refractivity (Wildman–Crippen MR) is 63.6 cm³/mol. The fourth-order valence-electron chi connectivity index (χ4n) is 1.06. The van der Waals surface area contributed by atoms with Gasteiger partial charge < -0.3 is 15.5 Å². The van der Waals surface area contributed by atoms with Crippen LogP contribution in [0, 0.1) is 0 Å². The van der Waals surface area contributed by atoms with E-state index < -0.39 is 5.97 Å². The number of nitrogens with zero attached hydrogens (tertiary/aromatic N) is 1. The van der Waals surface area contributed by atoms with Gasteiger partial charge in [-0.05, 0) is 22.0 Å². The second-order valence-corrected chi connectivity index (χ2v) is 3.81. The van der Waals surface area contributed by atoms with Crippen molar-refractivity contribution in [2.24, 2.45) is 0 Å². The molecule has 1 aromatic heterocycles. The molecule has 0 radical (unpaired) electrons. The minimum absolute atomic E-state index is 0.0404. The van der Waals surface area contributed by atoms with Crippen LogP contribution in [0.25, 0.3) is 0 Å². The molecule has 0 atom stereocenters. The van der Waals surface area contributed by atoms with E-state index >= 15 is 0 Å². The summed E-state index contributed by atoms with van der Waals surface area (Å²) in [6.45, 7) is 0.372. The number of carboxylic acid groups (broad SMARTS) is 1. The third-order valence-electron chi connectivity index (χ3n) is 1.74. The van der Waals surface area contributed by atoms with Crippen molar-refractivity contribution < 1.29 is 15.0 Å².